The van der Waals surface area contributed by atoms with Crippen molar-refractivity contribution in [3.8, 4) is 0 Å². The zero-order chi connectivity index (χ0) is 16.9. The molecule has 0 aliphatic carbocycles. The molecule has 7 heteroatoms. The highest BCUT2D eigenvalue weighted by Gasteiger charge is 2.32. The lowest BCUT2D eigenvalue weighted by molar-refractivity contribution is -0.137. The second-order valence-corrected chi connectivity index (χ2v) is 7.03. The topological polar surface area (TPSA) is 59.8 Å². The van der Waals surface area contributed by atoms with E-state index in [0.717, 1.165) is 31.7 Å². The van der Waals surface area contributed by atoms with E-state index >= 15 is 0 Å². The van der Waals surface area contributed by atoms with E-state index < -0.39 is 0 Å². The average molecular weight is 336 g/mol. The van der Waals surface area contributed by atoms with Gasteiger partial charge in [0.1, 0.15) is 0 Å². The summed E-state index contributed by atoms with van der Waals surface area (Å²) in [5.41, 5.74) is 1.10. The molecule has 1 fully saturated rings. The molecule has 1 aromatic rings. The maximum atomic E-state index is 12.8. The molecule has 2 aliphatic rings. The van der Waals surface area contributed by atoms with Crippen molar-refractivity contribution in [2.24, 2.45) is 11.8 Å². The van der Waals surface area contributed by atoms with Gasteiger partial charge in [0.25, 0.3) is 0 Å². The molecule has 3 heterocycles. The van der Waals surface area contributed by atoms with Crippen LogP contribution in [0.4, 0.5) is 0 Å². The highest BCUT2D eigenvalue weighted by molar-refractivity contribution is 5.79. The lowest BCUT2D eigenvalue weighted by atomic mass is 10.1. The van der Waals surface area contributed by atoms with Crippen LogP contribution < -0.4 is 0 Å². The van der Waals surface area contributed by atoms with Crippen molar-refractivity contribution in [2.45, 2.75) is 19.5 Å². The Morgan fingerprint density at radius 3 is 3.08 bits per heavy atom. The summed E-state index contributed by atoms with van der Waals surface area (Å²) >= 11 is 0. The minimum Gasteiger partial charge on any atom is -0.381 e. The third-order valence-electron chi connectivity index (χ3n) is 4.69. The minimum absolute atomic E-state index is 0.00906. The van der Waals surface area contributed by atoms with Gasteiger partial charge >= 0.3 is 0 Å². The highest BCUT2D eigenvalue weighted by atomic mass is 16.5. The van der Waals surface area contributed by atoms with Crippen molar-refractivity contribution in [3.63, 3.8) is 0 Å². The monoisotopic (exact) mass is 336 g/mol. The van der Waals surface area contributed by atoms with Crippen LogP contribution in [0.1, 0.15) is 12.1 Å². The molecule has 7 nitrogen and oxygen atoms in total. The number of nitrogens with zero attached hydrogens (tertiary/aromatic N) is 4. The summed E-state index contributed by atoms with van der Waals surface area (Å²) in [6, 6.07) is 2.00. The minimum atomic E-state index is 0.00906. The maximum absolute atomic E-state index is 12.8. The molecule has 1 aromatic heterocycles. The number of carbonyl (C=O) groups is 1. The standard InChI is InChI=1S/C17H28N4O3/c1-19(2)6-8-24-12-14-9-20(17(22)15-4-7-23-13-15)11-16-3-5-18-21(16)10-14/h3,5,14-15H,4,6-13H2,1-2H3. The molecule has 0 N–H and O–H groups in total. The van der Waals surface area contributed by atoms with E-state index in [2.05, 4.69) is 10.00 Å². The normalized spacial score (nSPS) is 24.2. The van der Waals surface area contributed by atoms with E-state index in [1.165, 1.54) is 0 Å². The molecule has 0 bridgehead atoms. The number of amides is 1. The van der Waals surface area contributed by atoms with Crippen LogP contribution in [0.25, 0.3) is 0 Å². The molecule has 1 amide bonds. The Morgan fingerprint density at radius 1 is 1.46 bits per heavy atom. The number of fused-ring (bicyclic) bond motifs is 1. The Balaban J connectivity index is 1.63. The smallest absolute Gasteiger partial charge is 0.228 e. The molecule has 3 rings (SSSR count). The van der Waals surface area contributed by atoms with E-state index in [4.69, 9.17) is 9.47 Å². The van der Waals surface area contributed by atoms with Gasteiger partial charge in [0, 0.05) is 38.4 Å². The molecule has 134 valence electrons. The molecule has 0 saturated carbocycles. The molecular weight excluding hydrogens is 308 g/mol. The van der Waals surface area contributed by atoms with Crippen LogP contribution in [-0.4, -0.2) is 79.1 Å². The molecule has 0 aromatic carbocycles. The lowest BCUT2D eigenvalue weighted by Gasteiger charge is -2.26. The molecule has 2 atom stereocenters. The van der Waals surface area contributed by atoms with Gasteiger partial charge in [-0.05, 0) is 26.6 Å². The Hall–Kier alpha value is -1.44. The van der Waals surface area contributed by atoms with Crippen LogP contribution >= 0.6 is 0 Å². The first-order valence-electron chi connectivity index (χ1n) is 8.73. The SMILES string of the molecule is CN(C)CCOCC1CN(C(=O)C2CCOC2)Cc2ccnn2C1. The Kier molecular flexibility index (Phi) is 5.86. The first-order chi connectivity index (χ1) is 11.6. The van der Waals surface area contributed by atoms with E-state index in [1.807, 2.05) is 35.9 Å². The van der Waals surface area contributed by atoms with E-state index in [-0.39, 0.29) is 17.7 Å². The van der Waals surface area contributed by atoms with Gasteiger partial charge < -0.3 is 19.3 Å². The first-order valence-corrected chi connectivity index (χ1v) is 8.73. The third-order valence-corrected chi connectivity index (χ3v) is 4.69. The molecular formula is C17H28N4O3. The van der Waals surface area contributed by atoms with Crippen LogP contribution in [0.15, 0.2) is 12.3 Å². The summed E-state index contributed by atoms with van der Waals surface area (Å²) in [6.45, 7) is 5.66. The van der Waals surface area contributed by atoms with Crippen molar-refractivity contribution in [1.82, 2.24) is 19.6 Å². The first kappa shape index (κ1) is 17.4. The van der Waals surface area contributed by atoms with Crippen LogP contribution in [0.2, 0.25) is 0 Å². The number of aromatic nitrogens is 2. The molecule has 0 spiro atoms. The van der Waals surface area contributed by atoms with Gasteiger partial charge in [-0.1, -0.05) is 0 Å². The van der Waals surface area contributed by atoms with Gasteiger partial charge in [-0.15, -0.1) is 0 Å². The van der Waals surface area contributed by atoms with Gasteiger partial charge in [-0.2, -0.15) is 5.10 Å². The second-order valence-electron chi connectivity index (χ2n) is 7.03. The van der Waals surface area contributed by atoms with Crippen molar-refractivity contribution < 1.29 is 14.3 Å². The van der Waals surface area contributed by atoms with Crippen LogP contribution in [-0.2, 0) is 27.4 Å². The Labute approximate surface area is 143 Å². The summed E-state index contributed by atoms with van der Waals surface area (Å²) in [5, 5.41) is 4.40. The number of hydrogen-bond donors (Lipinski definition) is 0. The summed E-state index contributed by atoms with van der Waals surface area (Å²) in [6.07, 6.45) is 2.64. The summed E-state index contributed by atoms with van der Waals surface area (Å²) in [5.74, 6) is 0.481. The van der Waals surface area contributed by atoms with Gasteiger partial charge in [0.2, 0.25) is 5.91 Å². The predicted molar refractivity (Wildman–Crippen MR) is 89.4 cm³/mol. The second kappa shape index (κ2) is 8.09. The Morgan fingerprint density at radius 2 is 2.33 bits per heavy atom. The summed E-state index contributed by atoms with van der Waals surface area (Å²) in [7, 11) is 4.07. The molecule has 2 aliphatic heterocycles. The zero-order valence-corrected chi connectivity index (χ0v) is 14.7. The number of hydrogen-bond acceptors (Lipinski definition) is 5. The lowest BCUT2D eigenvalue weighted by Crippen LogP contribution is -2.39. The fraction of sp³-hybridized carbons (Fsp3) is 0.765. The number of ether oxygens (including phenoxy) is 2. The molecule has 1 saturated heterocycles. The maximum Gasteiger partial charge on any atom is 0.228 e. The van der Waals surface area contributed by atoms with Gasteiger partial charge in [-0.25, -0.2) is 0 Å². The van der Waals surface area contributed by atoms with Gasteiger partial charge in [0.05, 0.1) is 38.0 Å². The summed E-state index contributed by atoms with van der Waals surface area (Å²) in [4.78, 5) is 16.9. The quantitative estimate of drug-likeness (QED) is 0.706. The molecule has 24 heavy (non-hydrogen) atoms. The van der Waals surface area contributed by atoms with Crippen molar-refractivity contribution >= 4 is 5.91 Å². The number of rotatable bonds is 6. The van der Waals surface area contributed by atoms with Crippen molar-refractivity contribution in [2.75, 3.05) is 53.6 Å². The molecule has 0 radical (unpaired) electrons. The fourth-order valence-electron chi connectivity index (χ4n) is 3.29. The third kappa shape index (κ3) is 4.34. The number of likely N-dealkylation sites (N-methyl/N-ethyl adjacent to an activating group) is 1. The fourth-order valence-corrected chi connectivity index (χ4v) is 3.29. The molecule has 2 unspecified atom stereocenters. The highest BCUT2D eigenvalue weighted by Crippen LogP contribution is 2.21. The Bertz CT molecular complexity index is 540. The average Bonchev–Trinajstić information content (AvgIpc) is 3.19. The number of carbonyl (C=O) groups excluding carboxylic acids is 1. The van der Waals surface area contributed by atoms with Crippen molar-refractivity contribution in [3.05, 3.63) is 18.0 Å². The largest absolute Gasteiger partial charge is 0.381 e. The van der Waals surface area contributed by atoms with Crippen LogP contribution in [0.5, 0.6) is 0 Å². The van der Waals surface area contributed by atoms with Crippen LogP contribution in [0.3, 0.4) is 0 Å². The van der Waals surface area contributed by atoms with Gasteiger partial charge in [0.15, 0.2) is 0 Å². The van der Waals surface area contributed by atoms with E-state index in [0.29, 0.717) is 33.0 Å². The van der Waals surface area contributed by atoms with E-state index in [9.17, 15) is 4.79 Å². The summed E-state index contributed by atoms with van der Waals surface area (Å²) < 4.78 is 13.2. The van der Waals surface area contributed by atoms with Gasteiger partial charge in [-0.3, -0.25) is 9.48 Å². The zero-order valence-electron chi connectivity index (χ0n) is 14.7. The van der Waals surface area contributed by atoms with Crippen molar-refractivity contribution in [1.29, 1.82) is 0 Å². The van der Waals surface area contributed by atoms with E-state index in [1.54, 1.807) is 0 Å². The predicted octanol–water partition coefficient (Wildman–Crippen LogP) is 0.456. The van der Waals surface area contributed by atoms with Crippen LogP contribution in [0, 0.1) is 11.8 Å².